The molecule has 0 heterocycles. The van der Waals surface area contributed by atoms with Crippen molar-refractivity contribution < 1.29 is 0 Å². The van der Waals surface area contributed by atoms with Crippen LogP contribution < -0.4 is 0 Å². The van der Waals surface area contributed by atoms with Crippen LogP contribution in [0, 0.1) is 0 Å². The molecule has 1 heteroatoms. The maximum absolute atomic E-state index is 4.08. The highest BCUT2D eigenvalue weighted by molar-refractivity contribution is 7.18. The van der Waals surface area contributed by atoms with Crippen LogP contribution in [0.25, 0.3) is 0 Å². The molecule has 0 N–H and O–H groups in total. The van der Waals surface area contributed by atoms with Crippen molar-refractivity contribution in [3.05, 3.63) is 0 Å². The Labute approximate surface area is 28.8 Å². The van der Waals surface area contributed by atoms with Gasteiger partial charge in [-0.05, 0) is 27.7 Å². The molecule has 1 fully saturated rings. The average molecular weight is 72.0 g/mol. The van der Waals surface area contributed by atoms with Crippen LogP contribution in [-0.4, -0.2) is 5.66 Å². The Bertz CT molecular complexity index is 22.5. The third kappa shape index (κ3) is 0.422. The van der Waals surface area contributed by atoms with E-state index in [-0.39, 0.29) is 0 Å². The summed E-state index contributed by atoms with van der Waals surface area (Å²) in [5.74, 6) is 0. The van der Waals surface area contributed by atoms with Gasteiger partial charge in [-0.3, -0.25) is 0 Å². The molecule has 0 aromatic carbocycles. The molecule has 1 aliphatic rings. The topological polar surface area (TPSA) is 0 Å². The predicted octanol–water partition coefficient (Wildman–Crippen LogP) is 1.56. The molecule has 0 aromatic rings. The van der Waals surface area contributed by atoms with Gasteiger partial charge in [0.2, 0.25) is 0 Å². The first-order valence-corrected chi connectivity index (χ1v) is 2.09. The summed E-state index contributed by atoms with van der Waals surface area (Å²) in [6.07, 6.45) is 2.70. The predicted molar refractivity (Wildman–Crippen MR) is 19.9 cm³/mol. The summed E-state index contributed by atoms with van der Waals surface area (Å²) in [4.78, 5) is 0. The molecule has 0 unspecified atom stereocenters. The first-order valence-electron chi connectivity index (χ1n) is 1.57. The molecular formula is C3H5P. The van der Waals surface area contributed by atoms with Crippen LogP contribution in [0.2, 0.25) is 0 Å². The van der Waals surface area contributed by atoms with Crippen LogP contribution in [0.5, 0.6) is 0 Å². The van der Waals surface area contributed by atoms with E-state index in [9.17, 15) is 0 Å². The van der Waals surface area contributed by atoms with E-state index in [4.69, 9.17) is 0 Å². The van der Waals surface area contributed by atoms with Crippen LogP contribution >= 0.6 is 9.24 Å². The Hall–Kier alpha value is 0.430. The molecule has 0 aromatic heterocycles. The number of hydrogen-bond donors (Lipinski definition) is 0. The van der Waals surface area contributed by atoms with E-state index in [0.717, 1.165) is 5.66 Å². The van der Waals surface area contributed by atoms with Gasteiger partial charge in [-0.15, -0.1) is 0 Å². The summed E-state index contributed by atoms with van der Waals surface area (Å²) in [6, 6.07) is 0. The molecular weight excluding hydrogens is 67.0 g/mol. The highest BCUT2D eigenvalue weighted by Gasteiger charge is 2.14. The van der Waals surface area contributed by atoms with Crippen molar-refractivity contribution >= 4 is 9.24 Å². The third-order valence-corrected chi connectivity index (χ3v) is 1.06. The Morgan fingerprint density at radius 1 is 1.50 bits per heavy atom. The lowest BCUT2D eigenvalue weighted by atomic mass is 11.0. The van der Waals surface area contributed by atoms with E-state index < -0.39 is 0 Å². The largest absolute Gasteiger partial charge is 0.0452 e. The zero-order chi connectivity index (χ0) is 2.99. The van der Waals surface area contributed by atoms with Crippen LogP contribution in [0.4, 0.5) is 0 Å². The van der Waals surface area contributed by atoms with Crippen molar-refractivity contribution in [3.63, 3.8) is 0 Å². The van der Waals surface area contributed by atoms with Crippen LogP contribution in [0.3, 0.4) is 0 Å². The standard InChI is InChI=1S/C3H5P/c4-3-1-2-3/h3H,1-2H2. The summed E-state index contributed by atoms with van der Waals surface area (Å²) < 4.78 is 0. The highest BCUT2D eigenvalue weighted by atomic mass is 31.0. The molecule has 1 rings (SSSR count). The Morgan fingerprint density at radius 2 is 1.75 bits per heavy atom. The van der Waals surface area contributed by atoms with Gasteiger partial charge in [0, 0.05) is 0 Å². The smallest absolute Gasteiger partial charge is 0.0125 e. The molecule has 1 aliphatic carbocycles. The average Bonchev–Trinajstić information content (AvgIpc) is 1.75. The summed E-state index contributed by atoms with van der Waals surface area (Å²) in [6.45, 7) is 0. The Balaban J connectivity index is 2.17. The molecule has 0 amide bonds. The van der Waals surface area contributed by atoms with E-state index in [2.05, 4.69) is 9.24 Å². The van der Waals surface area contributed by atoms with E-state index in [1.165, 1.54) is 12.8 Å². The third-order valence-electron chi connectivity index (χ3n) is 0.547. The lowest BCUT2D eigenvalue weighted by molar-refractivity contribution is 1.50. The van der Waals surface area contributed by atoms with Crippen molar-refractivity contribution in [1.29, 1.82) is 0 Å². The minimum Gasteiger partial charge on any atom is -0.0452 e. The van der Waals surface area contributed by atoms with E-state index in [1.54, 1.807) is 0 Å². The molecule has 0 nitrogen and oxygen atoms in total. The van der Waals surface area contributed by atoms with Gasteiger partial charge in [0.15, 0.2) is 0 Å². The van der Waals surface area contributed by atoms with E-state index in [1.807, 2.05) is 0 Å². The van der Waals surface area contributed by atoms with Crippen LogP contribution in [-0.2, 0) is 0 Å². The van der Waals surface area contributed by atoms with Crippen molar-refractivity contribution in [2.75, 3.05) is 0 Å². The quantitative estimate of drug-likeness (QED) is 0.381. The summed E-state index contributed by atoms with van der Waals surface area (Å²) in [5.41, 5.74) is 0.778. The van der Waals surface area contributed by atoms with Gasteiger partial charge in [0.05, 0.1) is 0 Å². The van der Waals surface area contributed by atoms with Gasteiger partial charge in [-0.1, -0.05) is 0 Å². The molecule has 0 saturated heterocycles. The fourth-order valence-electron chi connectivity index (χ4n) is 0.0745. The van der Waals surface area contributed by atoms with E-state index >= 15 is 0 Å². The van der Waals surface area contributed by atoms with Crippen LogP contribution in [0.1, 0.15) is 12.8 Å². The SMILES string of the molecule is [P]C1CC1. The fraction of sp³-hybridized carbons (Fsp3) is 1.00. The zero-order valence-corrected chi connectivity index (χ0v) is 3.33. The van der Waals surface area contributed by atoms with Crippen molar-refractivity contribution in [3.8, 4) is 0 Å². The summed E-state index contributed by atoms with van der Waals surface area (Å²) in [7, 11) is 4.08. The highest BCUT2D eigenvalue weighted by Crippen LogP contribution is 2.27. The first-order chi connectivity index (χ1) is 1.89. The Morgan fingerprint density at radius 3 is 1.75 bits per heavy atom. The number of rotatable bonds is 0. The van der Waals surface area contributed by atoms with Gasteiger partial charge < -0.3 is 0 Å². The second kappa shape index (κ2) is 0.687. The molecule has 1 saturated carbocycles. The molecule has 2 radical (unpaired) electrons. The summed E-state index contributed by atoms with van der Waals surface area (Å²) in [5, 5.41) is 0. The van der Waals surface area contributed by atoms with Crippen molar-refractivity contribution in [1.82, 2.24) is 0 Å². The van der Waals surface area contributed by atoms with Crippen LogP contribution in [0.15, 0.2) is 0 Å². The monoisotopic (exact) mass is 72.0 g/mol. The minimum atomic E-state index is 0.778. The molecule has 22 valence electrons. The van der Waals surface area contributed by atoms with Gasteiger partial charge in [-0.25, -0.2) is 0 Å². The van der Waals surface area contributed by atoms with Crippen molar-refractivity contribution in [2.45, 2.75) is 18.5 Å². The summed E-state index contributed by atoms with van der Waals surface area (Å²) >= 11 is 0. The fourth-order valence-corrected chi connectivity index (χ4v) is 0.224. The second-order valence-electron chi connectivity index (χ2n) is 1.23. The molecule has 4 heavy (non-hydrogen) atoms. The van der Waals surface area contributed by atoms with E-state index in [0.29, 0.717) is 0 Å². The van der Waals surface area contributed by atoms with Gasteiger partial charge in [0.25, 0.3) is 0 Å². The van der Waals surface area contributed by atoms with Crippen molar-refractivity contribution in [2.24, 2.45) is 0 Å². The normalized spacial score (nSPS) is 26.2. The first kappa shape index (κ1) is 2.66. The van der Waals surface area contributed by atoms with Gasteiger partial charge >= 0.3 is 0 Å². The zero-order valence-electron chi connectivity index (χ0n) is 2.44. The minimum absolute atomic E-state index is 0.778. The second-order valence-corrected chi connectivity index (χ2v) is 1.96. The number of hydrogen-bond acceptors (Lipinski definition) is 0. The molecule has 0 atom stereocenters. The Kier molecular flexibility index (Phi) is 0.456. The molecule has 0 aliphatic heterocycles. The maximum atomic E-state index is 4.08. The lowest BCUT2D eigenvalue weighted by Crippen LogP contribution is -1.42. The maximum Gasteiger partial charge on any atom is -0.0125 e. The lowest BCUT2D eigenvalue weighted by Gasteiger charge is -1.51. The van der Waals surface area contributed by atoms with Gasteiger partial charge in [0.1, 0.15) is 0 Å². The van der Waals surface area contributed by atoms with Gasteiger partial charge in [-0.2, -0.15) is 0 Å². The molecule has 0 spiro atoms. The molecule has 0 bridgehead atoms.